The average Bonchev–Trinajstić information content (AvgIpc) is 3.30. The fourth-order valence-corrected chi connectivity index (χ4v) is 6.27. The van der Waals surface area contributed by atoms with E-state index in [1.54, 1.807) is 26.2 Å². The third-order valence-electron chi connectivity index (χ3n) is 7.02. The number of nitrogens with zero attached hydrogens (tertiary/aromatic N) is 2. The molecular weight excluding hydrogens is 578 g/mol. The van der Waals surface area contributed by atoms with Gasteiger partial charge in [0.15, 0.2) is 16.3 Å². The predicted octanol–water partition coefficient (Wildman–Crippen LogP) is 5.35. The Hall–Kier alpha value is -4.51. The number of alkyl halides is 2. The van der Waals surface area contributed by atoms with Gasteiger partial charge in [0.25, 0.3) is 5.56 Å². The first-order valence-electron chi connectivity index (χ1n) is 13.7. The van der Waals surface area contributed by atoms with Crippen molar-refractivity contribution in [2.24, 2.45) is 4.99 Å². The van der Waals surface area contributed by atoms with Gasteiger partial charge in [-0.3, -0.25) is 9.36 Å². The van der Waals surface area contributed by atoms with Crippen molar-refractivity contribution < 1.29 is 32.5 Å². The quantitative estimate of drug-likeness (QED) is 0.226. The van der Waals surface area contributed by atoms with Crippen molar-refractivity contribution in [2.45, 2.75) is 39.3 Å². The van der Waals surface area contributed by atoms with Gasteiger partial charge in [0, 0.05) is 5.56 Å². The molecule has 0 aliphatic carbocycles. The van der Waals surface area contributed by atoms with Crippen molar-refractivity contribution in [1.82, 2.24) is 4.57 Å². The van der Waals surface area contributed by atoms with E-state index in [9.17, 15) is 18.4 Å². The first-order valence-corrected chi connectivity index (χ1v) is 14.5. The summed E-state index contributed by atoms with van der Waals surface area (Å²) in [6, 6.07) is 15.0. The minimum absolute atomic E-state index is 0.0926. The van der Waals surface area contributed by atoms with E-state index in [1.165, 1.54) is 35.1 Å². The molecule has 0 saturated heterocycles. The number of thiazole rings is 1. The number of carbonyl (C=O) groups is 1. The zero-order chi connectivity index (χ0) is 30.7. The fourth-order valence-electron chi connectivity index (χ4n) is 5.25. The SMILES string of the molecule is CCCC1=C(C(=O)OCC)[C@@H](c2c(OC)ccc3ccccc23)n2c(s/c(=C/c3ccc(OC(F)F)c(OC)c3)c2=O)=N1. The van der Waals surface area contributed by atoms with E-state index in [2.05, 4.69) is 4.74 Å². The molecule has 5 rings (SSSR count). The van der Waals surface area contributed by atoms with E-state index in [-0.39, 0.29) is 29.2 Å². The summed E-state index contributed by atoms with van der Waals surface area (Å²) in [6.07, 6.45) is 2.83. The van der Waals surface area contributed by atoms with E-state index >= 15 is 0 Å². The maximum absolute atomic E-state index is 14.2. The molecule has 1 aliphatic heterocycles. The molecule has 0 N–H and O–H groups in total. The van der Waals surface area contributed by atoms with Gasteiger partial charge in [-0.25, -0.2) is 9.79 Å². The van der Waals surface area contributed by atoms with Crippen molar-refractivity contribution in [2.75, 3.05) is 20.8 Å². The second-order valence-electron chi connectivity index (χ2n) is 9.60. The van der Waals surface area contributed by atoms with E-state index in [1.807, 2.05) is 43.3 Å². The summed E-state index contributed by atoms with van der Waals surface area (Å²) in [4.78, 5) is 33.0. The highest BCUT2D eigenvalue weighted by molar-refractivity contribution is 7.07. The van der Waals surface area contributed by atoms with Crippen LogP contribution >= 0.6 is 11.3 Å². The molecule has 0 saturated carbocycles. The lowest BCUT2D eigenvalue weighted by atomic mass is 9.90. The number of carbonyl (C=O) groups excluding carboxylic acids is 1. The smallest absolute Gasteiger partial charge is 0.387 e. The van der Waals surface area contributed by atoms with Crippen LogP contribution < -0.4 is 29.1 Å². The molecule has 224 valence electrons. The van der Waals surface area contributed by atoms with Gasteiger partial charge in [0.1, 0.15) is 11.8 Å². The maximum Gasteiger partial charge on any atom is 0.387 e. The summed E-state index contributed by atoms with van der Waals surface area (Å²) in [7, 11) is 2.89. The largest absolute Gasteiger partial charge is 0.496 e. The highest BCUT2D eigenvalue weighted by Crippen LogP contribution is 2.41. The second-order valence-corrected chi connectivity index (χ2v) is 10.6. The molecule has 0 amide bonds. The molecule has 2 heterocycles. The Balaban J connectivity index is 1.80. The highest BCUT2D eigenvalue weighted by atomic mass is 32.1. The normalized spacial score (nSPS) is 15.0. The van der Waals surface area contributed by atoms with Crippen LogP contribution in [0.3, 0.4) is 0 Å². The number of fused-ring (bicyclic) bond motifs is 2. The zero-order valence-electron chi connectivity index (χ0n) is 24.1. The molecule has 1 aromatic heterocycles. The lowest BCUT2D eigenvalue weighted by Gasteiger charge is -2.28. The maximum atomic E-state index is 14.2. The van der Waals surface area contributed by atoms with Gasteiger partial charge in [-0.05, 0) is 54.0 Å². The van der Waals surface area contributed by atoms with Crippen molar-refractivity contribution in [3.05, 3.63) is 96.7 Å². The standard InChI is InChI=1S/C32H30F2N2O6S/c1-5-9-21-27(30(38)41-6-2)28(26-20-11-8-7-10-19(20)13-15-23(26)39-3)36-29(37)25(43-32(36)35-21)17-18-12-14-22(42-31(33)34)24(16-18)40-4/h7-8,10-17,28,31H,5-6,9H2,1-4H3/b25-17+/t28-/m1/s1. The number of rotatable bonds is 10. The van der Waals surface area contributed by atoms with Crippen LogP contribution in [-0.4, -0.2) is 38.0 Å². The molecular formula is C32H30F2N2O6S. The predicted molar refractivity (Wildman–Crippen MR) is 160 cm³/mol. The van der Waals surface area contributed by atoms with Crippen LogP contribution in [0.4, 0.5) is 8.78 Å². The van der Waals surface area contributed by atoms with Crippen molar-refractivity contribution >= 4 is 34.2 Å². The zero-order valence-corrected chi connectivity index (χ0v) is 24.9. The van der Waals surface area contributed by atoms with E-state index in [0.717, 1.165) is 10.8 Å². The van der Waals surface area contributed by atoms with Crippen LogP contribution in [-0.2, 0) is 9.53 Å². The Kier molecular flexibility index (Phi) is 8.91. The number of aromatic nitrogens is 1. The fraction of sp³-hybridized carbons (Fsp3) is 0.281. The summed E-state index contributed by atoms with van der Waals surface area (Å²) in [6.45, 7) is 0.856. The van der Waals surface area contributed by atoms with Crippen molar-refractivity contribution in [3.63, 3.8) is 0 Å². The van der Waals surface area contributed by atoms with Gasteiger partial charge in [0.05, 0.1) is 36.6 Å². The van der Waals surface area contributed by atoms with E-state index < -0.39 is 18.6 Å². The van der Waals surface area contributed by atoms with Gasteiger partial charge in [-0.1, -0.05) is 61.1 Å². The number of ether oxygens (including phenoxy) is 4. The molecule has 3 aromatic carbocycles. The number of methoxy groups -OCH3 is 2. The minimum atomic E-state index is -3.01. The molecule has 0 unspecified atom stereocenters. The molecule has 8 nitrogen and oxygen atoms in total. The Morgan fingerprint density at radius 2 is 1.79 bits per heavy atom. The Bertz CT molecular complexity index is 1900. The summed E-state index contributed by atoms with van der Waals surface area (Å²) >= 11 is 1.17. The first-order chi connectivity index (χ1) is 20.8. The van der Waals surface area contributed by atoms with Gasteiger partial charge >= 0.3 is 12.6 Å². The first kappa shape index (κ1) is 30.0. The lowest BCUT2D eigenvalue weighted by Crippen LogP contribution is -2.40. The van der Waals surface area contributed by atoms with Crippen molar-refractivity contribution in [3.8, 4) is 17.2 Å². The van der Waals surface area contributed by atoms with Gasteiger partial charge in [0.2, 0.25) is 0 Å². The molecule has 0 bridgehead atoms. The number of hydrogen-bond donors (Lipinski definition) is 0. The van der Waals surface area contributed by atoms with Gasteiger partial charge in [-0.15, -0.1) is 0 Å². The molecule has 1 atom stereocenters. The Morgan fingerprint density at radius 3 is 2.49 bits per heavy atom. The van der Waals surface area contributed by atoms with Crippen LogP contribution in [0.1, 0.15) is 43.9 Å². The summed E-state index contributed by atoms with van der Waals surface area (Å²) < 4.78 is 48.6. The minimum Gasteiger partial charge on any atom is -0.496 e. The van der Waals surface area contributed by atoms with Crippen LogP contribution in [0.25, 0.3) is 16.8 Å². The lowest BCUT2D eigenvalue weighted by molar-refractivity contribution is -0.139. The third-order valence-corrected chi connectivity index (χ3v) is 8.00. The van der Waals surface area contributed by atoms with Crippen LogP contribution in [0.5, 0.6) is 17.2 Å². The number of hydrogen-bond acceptors (Lipinski definition) is 8. The number of halogens is 2. The van der Waals surface area contributed by atoms with Gasteiger partial charge in [-0.2, -0.15) is 8.78 Å². The van der Waals surface area contributed by atoms with Crippen molar-refractivity contribution in [1.29, 1.82) is 0 Å². The highest BCUT2D eigenvalue weighted by Gasteiger charge is 2.37. The molecule has 0 spiro atoms. The number of benzene rings is 3. The third kappa shape index (κ3) is 5.77. The monoisotopic (exact) mass is 608 g/mol. The molecule has 1 aliphatic rings. The number of allylic oxidation sites excluding steroid dienone is 1. The van der Waals surface area contributed by atoms with Crippen LogP contribution in [0.2, 0.25) is 0 Å². The second kappa shape index (κ2) is 12.8. The number of esters is 1. The molecule has 11 heteroatoms. The average molecular weight is 609 g/mol. The molecule has 0 fully saturated rings. The topological polar surface area (TPSA) is 88.4 Å². The van der Waals surface area contributed by atoms with Crippen LogP contribution in [0.15, 0.2) is 75.7 Å². The molecule has 0 radical (unpaired) electrons. The molecule has 43 heavy (non-hydrogen) atoms. The Labute approximate surface area is 250 Å². The molecule has 4 aromatic rings. The summed E-state index contributed by atoms with van der Waals surface area (Å²) in [5.74, 6) is -0.0713. The summed E-state index contributed by atoms with van der Waals surface area (Å²) in [5, 5.41) is 1.73. The van der Waals surface area contributed by atoms with Crippen LogP contribution in [0, 0.1) is 0 Å². The van der Waals surface area contributed by atoms with E-state index in [0.29, 0.717) is 44.7 Å². The van der Waals surface area contributed by atoms with E-state index in [4.69, 9.17) is 19.2 Å². The summed E-state index contributed by atoms with van der Waals surface area (Å²) in [5.41, 5.74) is 1.63. The Morgan fingerprint density at radius 1 is 1.05 bits per heavy atom. The van der Waals surface area contributed by atoms with Gasteiger partial charge < -0.3 is 18.9 Å².